The molecule has 6 nitrogen and oxygen atoms in total. The molecular formula is C23H28O6. The van der Waals surface area contributed by atoms with Gasteiger partial charge >= 0.3 is 5.97 Å². The Bertz CT molecular complexity index is 808. The minimum absolute atomic E-state index is 0.110. The SMILES string of the molecule is O=C(O)C12CC3CC(C1)[C@]1(OO[C@]4(CC[C@@H](c5ccc(O)cc5)CC4)O1)C(C3)C2. The highest BCUT2D eigenvalue weighted by Crippen LogP contribution is 2.67. The maximum Gasteiger partial charge on any atom is 0.309 e. The van der Waals surface area contributed by atoms with Crippen molar-refractivity contribution in [1.82, 2.24) is 0 Å². The largest absolute Gasteiger partial charge is 0.508 e. The predicted molar refractivity (Wildman–Crippen MR) is 102 cm³/mol. The summed E-state index contributed by atoms with van der Waals surface area (Å²) >= 11 is 0. The number of carboxylic acid groups (broad SMARTS) is 1. The van der Waals surface area contributed by atoms with Gasteiger partial charge in [-0.2, -0.15) is 9.78 Å². The summed E-state index contributed by atoms with van der Waals surface area (Å²) in [5.41, 5.74) is 0.658. The van der Waals surface area contributed by atoms with Crippen molar-refractivity contribution in [3.05, 3.63) is 29.8 Å². The number of ether oxygens (including phenoxy) is 1. The van der Waals surface area contributed by atoms with Gasteiger partial charge in [-0.15, -0.1) is 0 Å². The van der Waals surface area contributed by atoms with Crippen LogP contribution in [0.5, 0.6) is 5.75 Å². The van der Waals surface area contributed by atoms with E-state index in [-0.39, 0.29) is 11.8 Å². The van der Waals surface area contributed by atoms with Crippen molar-refractivity contribution in [2.45, 2.75) is 75.3 Å². The third-order valence-electron chi connectivity index (χ3n) is 8.56. The zero-order valence-corrected chi connectivity index (χ0v) is 16.5. The number of aliphatic carboxylic acids is 1. The molecule has 6 heteroatoms. The van der Waals surface area contributed by atoms with Gasteiger partial charge in [0.2, 0.25) is 11.6 Å². The van der Waals surface area contributed by atoms with E-state index >= 15 is 0 Å². The molecule has 1 heterocycles. The van der Waals surface area contributed by atoms with Crippen molar-refractivity contribution in [1.29, 1.82) is 0 Å². The number of phenolic OH excluding ortho intramolecular Hbond substituents is 1. The van der Waals surface area contributed by atoms with Crippen molar-refractivity contribution >= 4 is 5.97 Å². The first kappa shape index (κ1) is 18.2. The molecule has 4 bridgehead atoms. The molecule has 1 saturated heterocycles. The minimum atomic E-state index is -0.749. The highest BCUT2D eigenvalue weighted by atomic mass is 17.3. The zero-order chi connectivity index (χ0) is 19.9. The van der Waals surface area contributed by atoms with Crippen molar-refractivity contribution in [2.24, 2.45) is 23.2 Å². The Kier molecular flexibility index (Phi) is 3.73. The van der Waals surface area contributed by atoms with E-state index in [0.29, 0.717) is 30.4 Å². The van der Waals surface area contributed by atoms with Crippen molar-refractivity contribution in [3.63, 3.8) is 0 Å². The Morgan fingerprint density at radius 2 is 1.62 bits per heavy atom. The second-order valence-corrected chi connectivity index (χ2v) is 10.2. The summed E-state index contributed by atoms with van der Waals surface area (Å²) in [6, 6.07) is 7.48. The van der Waals surface area contributed by atoms with E-state index in [1.54, 1.807) is 12.1 Å². The summed E-state index contributed by atoms with van der Waals surface area (Å²) in [4.78, 5) is 24.0. The van der Waals surface area contributed by atoms with Gasteiger partial charge < -0.3 is 14.9 Å². The third kappa shape index (κ3) is 2.55. The lowest BCUT2D eigenvalue weighted by atomic mass is 9.47. The van der Waals surface area contributed by atoms with Crippen molar-refractivity contribution < 1.29 is 29.5 Å². The summed E-state index contributed by atoms with van der Waals surface area (Å²) in [6.45, 7) is 0. The van der Waals surface area contributed by atoms with E-state index in [1.807, 2.05) is 12.1 Å². The monoisotopic (exact) mass is 400 g/mol. The van der Waals surface area contributed by atoms with E-state index in [0.717, 1.165) is 44.9 Å². The minimum Gasteiger partial charge on any atom is -0.508 e. The number of hydrogen-bond donors (Lipinski definition) is 2. The van der Waals surface area contributed by atoms with E-state index < -0.39 is 23.0 Å². The lowest BCUT2D eigenvalue weighted by molar-refractivity contribution is -0.393. The zero-order valence-electron chi connectivity index (χ0n) is 16.5. The number of benzene rings is 1. The fourth-order valence-corrected chi connectivity index (χ4v) is 7.28. The molecule has 5 aliphatic carbocycles. The highest BCUT2D eigenvalue weighted by Gasteiger charge is 2.71. The number of carbonyl (C=O) groups is 1. The van der Waals surface area contributed by atoms with Gasteiger partial charge in [0.1, 0.15) is 5.75 Å². The first-order valence-corrected chi connectivity index (χ1v) is 11.0. The molecule has 29 heavy (non-hydrogen) atoms. The Hall–Kier alpha value is -1.63. The average molecular weight is 400 g/mol. The van der Waals surface area contributed by atoms with Gasteiger partial charge in [0.05, 0.1) is 5.41 Å². The van der Waals surface area contributed by atoms with Crippen LogP contribution in [0.25, 0.3) is 0 Å². The van der Waals surface area contributed by atoms with E-state index in [9.17, 15) is 15.0 Å². The molecule has 2 unspecified atom stereocenters. The van der Waals surface area contributed by atoms with Crippen LogP contribution < -0.4 is 0 Å². The number of aromatic hydroxyl groups is 1. The van der Waals surface area contributed by atoms with Crippen LogP contribution in [0.15, 0.2) is 24.3 Å². The summed E-state index contributed by atoms with van der Waals surface area (Å²) in [6.07, 6.45) is 7.51. The number of hydrogen-bond acceptors (Lipinski definition) is 5. The summed E-state index contributed by atoms with van der Waals surface area (Å²) in [7, 11) is 0. The van der Waals surface area contributed by atoms with Crippen molar-refractivity contribution in [3.8, 4) is 5.75 Å². The van der Waals surface area contributed by atoms with Gasteiger partial charge in [0.15, 0.2) is 0 Å². The maximum atomic E-state index is 12.0. The summed E-state index contributed by atoms with van der Waals surface area (Å²) in [5, 5.41) is 19.4. The standard InChI is InChI=1S/C23H28O6/c24-19-3-1-15(2-4-19)16-5-7-22(8-6-16)27-23(29-28-22)17-9-14-10-18(23)13-21(11-14,12-17)20(25)26/h1-4,14,16-18,24H,5-13H2,(H,25,26)/t14?,16-,17?,18?,21?,22+,23-. The van der Waals surface area contributed by atoms with Gasteiger partial charge in [-0.3, -0.25) is 4.79 Å². The van der Waals surface area contributed by atoms with E-state index in [1.165, 1.54) is 5.56 Å². The fourth-order valence-electron chi connectivity index (χ4n) is 7.28. The van der Waals surface area contributed by atoms with Gasteiger partial charge in [-0.1, -0.05) is 12.1 Å². The molecular weight excluding hydrogens is 372 g/mol. The normalized spacial score (nSPS) is 47.9. The number of phenols is 1. The van der Waals surface area contributed by atoms with Crippen LogP contribution in [0, 0.1) is 23.2 Å². The molecule has 5 saturated carbocycles. The van der Waals surface area contributed by atoms with Gasteiger partial charge in [-0.25, -0.2) is 0 Å². The summed E-state index contributed by atoms with van der Waals surface area (Å²) < 4.78 is 6.70. The first-order valence-electron chi connectivity index (χ1n) is 11.0. The van der Waals surface area contributed by atoms with Gasteiger partial charge in [-0.05, 0) is 74.5 Å². The number of rotatable bonds is 2. The highest BCUT2D eigenvalue weighted by molar-refractivity contribution is 5.75. The van der Waals surface area contributed by atoms with Crippen LogP contribution in [-0.4, -0.2) is 27.8 Å². The average Bonchev–Trinajstić information content (AvgIpc) is 3.07. The van der Waals surface area contributed by atoms with Crippen LogP contribution in [0.4, 0.5) is 0 Å². The smallest absolute Gasteiger partial charge is 0.309 e. The second-order valence-electron chi connectivity index (χ2n) is 10.2. The molecule has 1 aliphatic heterocycles. The van der Waals surface area contributed by atoms with Crippen LogP contribution >= 0.6 is 0 Å². The molecule has 0 aromatic heterocycles. The fraction of sp³-hybridized carbons (Fsp3) is 0.696. The topological polar surface area (TPSA) is 85.2 Å². The van der Waals surface area contributed by atoms with Crippen LogP contribution in [0.3, 0.4) is 0 Å². The predicted octanol–water partition coefficient (Wildman–Crippen LogP) is 4.33. The van der Waals surface area contributed by atoms with Crippen molar-refractivity contribution in [2.75, 3.05) is 0 Å². The Morgan fingerprint density at radius 1 is 0.966 bits per heavy atom. The summed E-state index contributed by atoms with van der Waals surface area (Å²) in [5.74, 6) is -0.671. The molecule has 1 aromatic rings. The van der Waals surface area contributed by atoms with Crippen LogP contribution in [0.2, 0.25) is 0 Å². The molecule has 2 atom stereocenters. The quantitative estimate of drug-likeness (QED) is 0.719. The number of carboxylic acids is 1. The molecule has 156 valence electrons. The van der Waals surface area contributed by atoms with E-state index in [4.69, 9.17) is 14.5 Å². The van der Waals surface area contributed by atoms with Crippen LogP contribution in [-0.2, 0) is 19.3 Å². The lowest BCUT2D eigenvalue weighted by Crippen LogP contribution is -2.64. The Labute approximate surface area is 170 Å². The molecule has 2 spiro atoms. The molecule has 6 fully saturated rings. The molecule has 0 radical (unpaired) electrons. The Morgan fingerprint density at radius 3 is 2.24 bits per heavy atom. The van der Waals surface area contributed by atoms with Gasteiger partial charge in [0.25, 0.3) is 0 Å². The molecule has 7 rings (SSSR count). The van der Waals surface area contributed by atoms with Crippen LogP contribution in [0.1, 0.15) is 69.3 Å². The Balaban J connectivity index is 1.19. The molecule has 2 N–H and O–H groups in total. The molecule has 1 aromatic carbocycles. The lowest BCUT2D eigenvalue weighted by Gasteiger charge is -2.60. The molecule has 0 amide bonds. The van der Waals surface area contributed by atoms with Gasteiger partial charge in [0, 0.05) is 24.7 Å². The van der Waals surface area contributed by atoms with E-state index in [2.05, 4.69) is 0 Å². The third-order valence-corrected chi connectivity index (χ3v) is 8.56. The first-order chi connectivity index (χ1) is 13.9. The second kappa shape index (κ2) is 5.96. The maximum absolute atomic E-state index is 12.0. The molecule has 6 aliphatic rings.